The lowest BCUT2D eigenvalue weighted by atomic mass is 9.98. The molecule has 18 nitrogen and oxygen atoms in total. The molecule has 0 bridgehead atoms. The van der Waals surface area contributed by atoms with E-state index in [0.717, 1.165) is 38.7 Å². The van der Waals surface area contributed by atoms with Gasteiger partial charge in [0.2, 0.25) is 0 Å². The van der Waals surface area contributed by atoms with Gasteiger partial charge >= 0.3 is 17.9 Å². The summed E-state index contributed by atoms with van der Waals surface area (Å²) in [4.78, 5) is 71.8. The zero-order valence-corrected chi connectivity index (χ0v) is 55.2. The van der Waals surface area contributed by atoms with Gasteiger partial charge in [-0.15, -0.1) is 0 Å². The van der Waals surface area contributed by atoms with Crippen LogP contribution in [0.15, 0.2) is 183 Å². The van der Waals surface area contributed by atoms with Gasteiger partial charge in [0.05, 0.1) is 40.2 Å². The Labute approximate surface area is 569 Å². The summed E-state index contributed by atoms with van der Waals surface area (Å²) < 4.78 is 53.6. The molecule has 488 valence electrons. The van der Waals surface area contributed by atoms with E-state index < -0.39 is 34.8 Å². The fourth-order valence-electron chi connectivity index (χ4n) is 9.59. The summed E-state index contributed by atoms with van der Waals surface area (Å²) in [6.07, 6.45) is 9.02. The number of fused-ring (bicyclic) bond motifs is 3. The number of rotatable bonds is 13. The fourth-order valence-corrected chi connectivity index (χ4v) is 10.3. The van der Waals surface area contributed by atoms with Gasteiger partial charge in [0.15, 0.2) is 0 Å². The van der Waals surface area contributed by atoms with Crippen LogP contribution in [-0.2, 0) is 23.9 Å². The number of carboxylic acids is 1. The molecule has 6 aromatic heterocycles. The van der Waals surface area contributed by atoms with E-state index >= 15 is 0 Å². The third-order valence-electron chi connectivity index (χ3n) is 13.6. The van der Waals surface area contributed by atoms with Crippen LogP contribution in [0.2, 0.25) is 20.2 Å². The van der Waals surface area contributed by atoms with Gasteiger partial charge in [-0.05, 0) is 167 Å². The maximum atomic E-state index is 14.6. The third kappa shape index (κ3) is 18.3. The summed E-state index contributed by atoms with van der Waals surface area (Å²) >= 11 is 24.4. The van der Waals surface area contributed by atoms with Crippen molar-refractivity contribution in [2.24, 2.45) is 5.73 Å². The SMILES string of the molecule is CC(C)(C)OC(=O)CN.CC(C)(C)OC(=O)CNc1ncnc2ccc(-c3cccnc3-c3cc(Cl)ccc3F)cc12.Fc1ccc(Cl)cc1-c1ncccc1-c1ccc2ncnc(Cl)c2c1.O=C(O)CNc1ncnc2ccc(-c3cccnc3-c3cc(Cl)ccc3F)cc12. The normalized spacial score (nSPS) is 11.1. The number of pyridine rings is 3. The highest BCUT2D eigenvalue weighted by molar-refractivity contribution is 6.34. The van der Waals surface area contributed by atoms with Crippen LogP contribution in [0.5, 0.6) is 0 Å². The Hall–Kier alpha value is -10.3. The molecule has 0 atom stereocenters. The van der Waals surface area contributed by atoms with Gasteiger partial charge < -0.3 is 30.9 Å². The average molecular weight is 1380 g/mol. The molecule has 12 aromatic rings. The lowest BCUT2D eigenvalue weighted by molar-refractivity contribution is -0.153. The van der Waals surface area contributed by atoms with Crippen molar-refractivity contribution in [3.63, 3.8) is 0 Å². The number of carbonyl (C=O) groups is 3. The molecule has 0 fully saturated rings. The maximum absolute atomic E-state index is 14.6. The smallest absolute Gasteiger partial charge is 0.325 e. The van der Waals surface area contributed by atoms with Crippen LogP contribution in [0.25, 0.3) is 99.9 Å². The number of carboxylic acid groups (broad SMARTS) is 1. The fraction of sp³-hybridized carbons (Fsp3) is 0.155. The molecule has 0 unspecified atom stereocenters. The Kier molecular flexibility index (Phi) is 22.8. The molecule has 0 aliphatic carbocycles. The number of ether oxygens (including phenoxy) is 2. The van der Waals surface area contributed by atoms with Crippen molar-refractivity contribution in [2.45, 2.75) is 52.7 Å². The standard InChI is InChI=1S/C25H22ClFN4O2.C21H14ClFN4O2.C19H10Cl2FN3.C6H13NO2/c1-25(2,3)33-22(32)13-29-24-19-11-15(6-9-21(19)30-14-31-24)17-5-4-10-28-23(17)18-12-16(26)7-8-20(18)27;22-13-4-5-17(23)15(9-13)20-14(2-1-7-24-20)12-3-6-18-16(8-12)21(27-11-26-18)25-10-19(28)29;20-12-4-5-16(22)14(9-12)18-13(2-1-7-23-18)11-3-6-17-15(8-11)19(21)25-10-24-17;1-6(2,3)9-5(8)4-7/h4-12,14H,13H2,1-3H3,(H,29,30,31);1-9,11H,10H2,(H,28,29)(H,25,26,27);1-10H;4,7H2,1-3H3. The molecule has 96 heavy (non-hydrogen) atoms. The highest BCUT2D eigenvalue weighted by Gasteiger charge is 2.21. The average Bonchev–Trinajstić information content (AvgIpc) is 0.806. The van der Waals surface area contributed by atoms with E-state index in [1.807, 2.05) is 87.5 Å². The van der Waals surface area contributed by atoms with E-state index in [0.29, 0.717) is 93.0 Å². The molecule has 0 aliphatic rings. The Balaban J connectivity index is 0.000000160. The van der Waals surface area contributed by atoms with Gasteiger partial charge in [0.1, 0.15) is 77.5 Å². The summed E-state index contributed by atoms with van der Waals surface area (Å²) in [5.74, 6) is -2.08. The Morgan fingerprint density at radius 3 is 1.16 bits per heavy atom. The van der Waals surface area contributed by atoms with Crippen molar-refractivity contribution in [3.05, 3.63) is 221 Å². The molecule has 0 spiro atoms. The van der Waals surface area contributed by atoms with Gasteiger partial charge in [-0.25, -0.2) is 43.1 Å². The Bertz CT molecular complexity index is 4850. The topological polar surface area (TPSA) is 256 Å². The van der Waals surface area contributed by atoms with Gasteiger partial charge in [-0.2, -0.15) is 0 Å². The molecular weight excluding hydrogens is 1320 g/mol. The summed E-state index contributed by atoms with van der Waals surface area (Å²) in [7, 11) is 0. The summed E-state index contributed by atoms with van der Waals surface area (Å²) in [5.41, 5.74) is 13.1. The highest BCUT2D eigenvalue weighted by Crippen LogP contribution is 2.39. The van der Waals surface area contributed by atoms with Crippen LogP contribution < -0.4 is 16.4 Å². The second-order valence-electron chi connectivity index (χ2n) is 22.9. The summed E-state index contributed by atoms with van der Waals surface area (Å²) in [6, 6.07) is 40.7. The Morgan fingerprint density at radius 2 is 0.792 bits per heavy atom. The van der Waals surface area contributed by atoms with E-state index in [4.69, 9.17) is 66.7 Å². The van der Waals surface area contributed by atoms with E-state index in [1.165, 1.54) is 61.4 Å². The number of anilines is 2. The molecule has 0 radical (unpaired) electrons. The van der Waals surface area contributed by atoms with Gasteiger partial charge in [0.25, 0.3) is 0 Å². The summed E-state index contributed by atoms with van der Waals surface area (Å²) in [5, 5.41) is 18.5. The predicted octanol–water partition coefficient (Wildman–Crippen LogP) is 16.6. The molecule has 6 heterocycles. The molecule has 12 rings (SSSR count). The van der Waals surface area contributed by atoms with Crippen molar-refractivity contribution in [2.75, 3.05) is 30.3 Å². The van der Waals surface area contributed by atoms with Gasteiger partial charge in [-0.3, -0.25) is 29.3 Å². The minimum atomic E-state index is -1.00. The number of benzene rings is 6. The molecule has 0 aliphatic heterocycles. The lowest BCUT2D eigenvalue weighted by Gasteiger charge is -2.19. The first-order chi connectivity index (χ1) is 45.8. The number of nitrogens with one attached hydrogen (secondary N) is 2. The Morgan fingerprint density at radius 1 is 0.438 bits per heavy atom. The molecule has 6 aromatic carbocycles. The van der Waals surface area contributed by atoms with Gasteiger partial charge in [-0.1, -0.05) is 82.8 Å². The number of esters is 2. The second-order valence-corrected chi connectivity index (χ2v) is 24.5. The van der Waals surface area contributed by atoms with Crippen LogP contribution in [0.4, 0.5) is 24.8 Å². The number of hydrogen-bond donors (Lipinski definition) is 4. The van der Waals surface area contributed by atoms with E-state index in [1.54, 1.807) is 75.8 Å². The zero-order chi connectivity index (χ0) is 68.8. The maximum Gasteiger partial charge on any atom is 0.325 e. The second kappa shape index (κ2) is 31.3. The van der Waals surface area contributed by atoms with Crippen LogP contribution >= 0.6 is 46.4 Å². The number of aromatic nitrogens is 9. The number of hydrogen-bond acceptors (Lipinski definition) is 17. The van der Waals surface area contributed by atoms with E-state index in [-0.39, 0.29) is 31.4 Å². The molecule has 0 amide bonds. The predicted molar refractivity (Wildman–Crippen MR) is 370 cm³/mol. The molecule has 5 N–H and O–H groups in total. The minimum Gasteiger partial charge on any atom is -0.480 e. The largest absolute Gasteiger partial charge is 0.480 e. The minimum absolute atomic E-state index is 0.0422. The number of halogens is 7. The van der Waals surface area contributed by atoms with Crippen molar-refractivity contribution in [1.82, 2.24) is 44.9 Å². The van der Waals surface area contributed by atoms with Crippen molar-refractivity contribution < 1.29 is 42.1 Å². The quantitative estimate of drug-likeness (QED) is 0.0618. The highest BCUT2D eigenvalue weighted by atomic mass is 35.5. The first-order valence-electron chi connectivity index (χ1n) is 29.3. The molecule has 0 saturated heterocycles. The number of nitrogens with two attached hydrogens (primary N) is 1. The zero-order valence-electron chi connectivity index (χ0n) is 52.2. The number of carbonyl (C=O) groups excluding carboxylic acids is 2. The first kappa shape index (κ1) is 70.0. The van der Waals surface area contributed by atoms with Crippen LogP contribution in [0.1, 0.15) is 41.5 Å². The van der Waals surface area contributed by atoms with E-state index in [2.05, 4.69) is 55.5 Å². The summed E-state index contributed by atoms with van der Waals surface area (Å²) in [6.45, 7) is 10.5. The first-order valence-corrected chi connectivity index (χ1v) is 30.8. The van der Waals surface area contributed by atoms with Crippen molar-refractivity contribution >= 4 is 109 Å². The molecule has 25 heteroatoms. The lowest BCUT2D eigenvalue weighted by Crippen LogP contribution is -2.28. The van der Waals surface area contributed by atoms with Crippen LogP contribution in [0.3, 0.4) is 0 Å². The number of nitrogens with zero attached hydrogens (tertiary/aromatic N) is 9. The monoisotopic (exact) mass is 1370 g/mol. The number of aliphatic carboxylic acids is 1. The van der Waals surface area contributed by atoms with E-state index in [9.17, 15) is 27.6 Å². The van der Waals surface area contributed by atoms with Crippen molar-refractivity contribution in [3.8, 4) is 67.2 Å². The van der Waals surface area contributed by atoms with Crippen LogP contribution in [-0.4, -0.2) is 98.7 Å². The third-order valence-corrected chi connectivity index (χ3v) is 14.6. The van der Waals surface area contributed by atoms with Crippen LogP contribution in [0, 0.1) is 17.5 Å². The molecule has 0 saturated carbocycles. The molecular formula is C71H59Cl4F3N12O6. The van der Waals surface area contributed by atoms with Crippen molar-refractivity contribution in [1.29, 1.82) is 0 Å². The van der Waals surface area contributed by atoms with Gasteiger partial charge in [0, 0.05) is 83.2 Å².